The monoisotopic (exact) mass is 234 g/mol. The summed E-state index contributed by atoms with van der Waals surface area (Å²) in [7, 11) is 1.02. The second-order valence-corrected chi connectivity index (χ2v) is 7.99. The minimum atomic E-state index is 0.453. The first-order valence-corrected chi connectivity index (χ1v) is 7.43. The Kier molecular flexibility index (Phi) is 5.55. The van der Waals surface area contributed by atoms with Gasteiger partial charge >= 0.3 is 0 Å². The summed E-state index contributed by atoms with van der Waals surface area (Å²) in [6.07, 6.45) is 4.76. The van der Waals surface area contributed by atoms with Gasteiger partial charge in [-0.2, -0.15) is 0 Å². The average molecular weight is 234 g/mol. The Balaban J connectivity index is 2.71. The molecule has 0 aliphatic heterocycles. The van der Waals surface area contributed by atoms with Crippen molar-refractivity contribution in [2.24, 2.45) is 0 Å². The van der Waals surface area contributed by atoms with Crippen LogP contribution in [0, 0.1) is 0 Å². The van der Waals surface area contributed by atoms with Crippen LogP contribution in [0.3, 0.4) is 0 Å². The average Bonchev–Trinajstić information content (AvgIpc) is 2.24. The van der Waals surface area contributed by atoms with Gasteiger partial charge in [0.05, 0.1) is 0 Å². The Morgan fingerprint density at radius 1 is 1.12 bits per heavy atom. The topological polar surface area (TPSA) is 0 Å². The molecule has 2 heteroatoms. The Morgan fingerprint density at radius 2 is 1.75 bits per heavy atom. The highest BCUT2D eigenvalue weighted by Gasteiger charge is 2.22. The fraction of sp³-hybridized carbons (Fsp3) is 0.571. The summed E-state index contributed by atoms with van der Waals surface area (Å²) in [6.45, 7) is 9.34. The van der Waals surface area contributed by atoms with Crippen molar-refractivity contribution in [3.05, 3.63) is 30.3 Å². The maximum absolute atomic E-state index is 2.35. The molecule has 1 rings (SSSR count). The Bertz CT molecular complexity index is 289. The SMILES string of the molecule is CCCCB(PC(C)(C)C)c1ccccc1. The largest absolute Gasteiger partial charge is 0.201 e. The van der Waals surface area contributed by atoms with Gasteiger partial charge in [-0.3, -0.25) is 0 Å². The van der Waals surface area contributed by atoms with Crippen LogP contribution in [-0.2, 0) is 0 Å². The van der Waals surface area contributed by atoms with Crippen LogP contribution in [0.25, 0.3) is 0 Å². The van der Waals surface area contributed by atoms with Gasteiger partial charge in [-0.05, 0) is 5.16 Å². The minimum Gasteiger partial charge on any atom is -0.144 e. The highest BCUT2D eigenvalue weighted by molar-refractivity contribution is 7.79. The molecule has 0 amide bonds. The van der Waals surface area contributed by atoms with E-state index in [1.165, 1.54) is 24.6 Å². The molecule has 1 aromatic carbocycles. The normalized spacial score (nSPS) is 12.2. The molecule has 0 aliphatic carbocycles. The molecule has 0 saturated heterocycles. The number of benzene rings is 1. The summed E-state index contributed by atoms with van der Waals surface area (Å²) in [5, 5.41) is 0.453. The molecular formula is C14H24BP. The molecule has 0 bridgehead atoms. The van der Waals surface area contributed by atoms with Crippen LogP contribution >= 0.6 is 8.46 Å². The smallest absolute Gasteiger partial charge is 0.144 e. The lowest BCUT2D eigenvalue weighted by Crippen LogP contribution is -2.29. The van der Waals surface area contributed by atoms with Crippen molar-refractivity contribution >= 4 is 20.4 Å². The van der Waals surface area contributed by atoms with Crippen LogP contribution in [0.15, 0.2) is 30.3 Å². The number of rotatable bonds is 5. The van der Waals surface area contributed by atoms with Gasteiger partial charge in [0.1, 0.15) is 0 Å². The van der Waals surface area contributed by atoms with Gasteiger partial charge in [-0.15, -0.1) is 8.46 Å². The van der Waals surface area contributed by atoms with Crippen molar-refractivity contribution in [3.63, 3.8) is 0 Å². The third kappa shape index (κ3) is 5.17. The van der Waals surface area contributed by atoms with Crippen LogP contribution in [0.1, 0.15) is 40.5 Å². The number of hydrogen-bond donors (Lipinski definition) is 0. The zero-order chi connectivity index (χ0) is 12.0. The lowest BCUT2D eigenvalue weighted by Gasteiger charge is -2.24. The maximum Gasteiger partial charge on any atom is 0.201 e. The van der Waals surface area contributed by atoms with Crippen molar-refractivity contribution < 1.29 is 0 Å². The third-order valence-electron chi connectivity index (χ3n) is 2.66. The van der Waals surface area contributed by atoms with Crippen molar-refractivity contribution in [2.45, 2.75) is 52.0 Å². The lowest BCUT2D eigenvalue weighted by atomic mass is 9.64. The summed E-state index contributed by atoms with van der Waals surface area (Å²) >= 11 is 0. The molecule has 16 heavy (non-hydrogen) atoms. The fourth-order valence-corrected chi connectivity index (χ4v) is 3.69. The highest BCUT2D eigenvalue weighted by Crippen LogP contribution is 2.35. The van der Waals surface area contributed by atoms with Crippen LogP contribution in [0.2, 0.25) is 6.32 Å². The lowest BCUT2D eigenvalue weighted by molar-refractivity contribution is 0.800. The Hall–Kier alpha value is -0.285. The molecule has 0 radical (unpaired) electrons. The predicted octanol–water partition coefficient (Wildman–Crippen LogP) is 4.16. The molecule has 0 nitrogen and oxygen atoms in total. The molecule has 0 aliphatic rings. The maximum atomic E-state index is 2.35. The van der Waals surface area contributed by atoms with Gasteiger partial charge in [0.15, 0.2) is 0 Å². The van der Waals surface area contributed by atoms with Gasteiger partial charge < -0.3 is 0 Å². The van der Waals surface area contributed by atoms with Crippen molar-refractivity contribution in [1.29, 1.82) is 0 Å². The van der Waals surface area contributed by atoms with E-state index in [1.54, 1.807) is 0 Å². The summed E-state index contributed by atoms with van der Waals surface area (Å²) in [6, 6.07) is 11.0. The van der Waals surface area contributed by atoms with E-state index in [9.17, 15) is 0 Å². The second-order valence-electron chi connectivity index (χ2n) is 5.50. The van der Waals surface area contributed by atoms with Crippen LogP contribution in [0.5, 0.6) is 0 Å². The minimum absolute atomic E-state index is 0.453. The molecule has 0 heterocycles. The van der Waals surface area contributed by atoms with Gasteiger partial charge in [0, 0.05) is 0 Å². The molecule has 0 N–H and O–H groups in total. The van der Waals surface area contributed by atoms with Crippen LogP contribution < -0.4 is 5.46 Å². The first kappa shape index (κ1) is 13.8. The highest BCUT2D eigenvalue weighted by atomic mass is 31.1. The molecule has 0 aromatic heterocycles. The van der Waals surface area contributed by atoms with E-state index in [4.69, 9.17) is 0 Å². The molecule has 0 fully saturated rings. The predicted molar refractivity (Wildman–Crippen MR) is 79.6 cm³/mol. The molecular weight excluding hydrogens is 210 g/mol. The standard InChI is InChI=1S/C14H24BP/c1-5-6-12-15(16-14(2,3)4)13-10-8-7-9-11-13/h7-11,16H,5-6,12H2,1-4H3. The summed E-state index contributed by atoms with van der Waals surface area (Å²) in [5.41, 5.74) is 1.53. The third-order valence-corrected chi connectivity index (χ3v) is 4.49. The van der Waals surface area contributed by atoms with Gasteiger partial charge in [0.2, 0.25) is 6.43 Å². The molecule has 1 unspecified atom stereocenters. The molecule has 1 atom stereocenters. The summed E-state index contributed by atoms with van der Waals surface area (Å²) in [5.74, 6) is 0. The van der Waals surface area contributed by atoms with Gasteiger partial charge in [-0.1, -0.05) is 82.7 Å². The zero-order valence-electron chi connectivity index (χ0n) is 11.1. The second kappa shape index (κ2) is 6.45. The molecule has 0 spiro atoms. The van der Waals surface area contributed by atoms with E-state index in [1.807, 2.05) is 0 Å². The molecule has 0 saturated carbocycles. The van der Waals surface area contributed by atoms with Crippen LogP contribution in [0.4, 0.5) is 0 Å². The molecule has 1 aromatic rings. The Labute approximate surface area is 103 Å². The van der Waals surface area contributed by atoms with E-state index in [2.05, 4.69) is 58.0 Å². The van der Waals surface area contributed by atoms with E-state index in [0.717, 1.165) is 14.9 Å². The first-order valence-electron chi connectivity index (χ1n) is 6.35. The quantitative estimate of drug-likeness (QED) is 0.530. The van der Waals surface area contributed by atoms with Crippen molar-refractivity contribution in [3.8, 4) is 0 Å². The van der Waals surface area contributed by atoms with Gasteiger partial charge in [0.25, 0.3) is 0 Å². The number of hydrogen-bond acceptors (Lipinski definition) is 0. The fourth-order valence-electron chi connectivity index (χ4n) is 1.94. The summed E-state index contributed by atoms with van der Waals surface area (Å²) in [4.78, 5) is 0. The van der Waals surface area contributed by atoms with E-state index in [-0.39, 0.29) is 0 Å². The number of unbranched alkanes of at least 4 members (excludes halogenated alkanes) is 1. The van der Waals surface area contributed by atoms with Crippen molar-refractivity contribution in [2.75, 3.05) is 0 Å². The van der Waals surface area contributed by atoms with E-state index < -0.39 is 0 Å². The van der Waals surface area contributed by atoms with E-state index >= 15 is 0 Å². The van der Waals surface area contributed by atoms with Gasteiger partial charge in [-0.25, -0.2) is 0 Å². The summed E-state index contributed by atoms with van der Waals surface area (Å²) < 4.78 is 0. The van der Waals surface area contributed by atoms with E-state index in [0.29, 0.717) is 5.16 Å². The zero-order valence-corrected chi connectivity index (χ0v) is 12.1. The van der Waals surface area contributed by atoms with Crippen LogP contribution in [-0.4, -0.2) is 11.6 Å². The van der Waals surface area contributed by atoms with Crippen molar-refractivity contribution in [1.82, 2.24) is 0 Å². The molecule has 88 valence electrons. The first-order chi connectivity index (χ1) is 7.53. The Morgan fingerprint density at radius 3 is 2.25 bits per heavy atom.